The second kappa shape index (κ2) is 5.89. The van der Waals surface area contributed by atoms with Crippen molar-refractivity contribution in [2.45, 2.75) is 83.2 Å². The first-order chi connectivity index (χ1) is 7.36. The molecule has 1 heteroatoms. The molecule has 2 aliphatic carbocycles. The summed E-state index contributed by atoms with van der Waals surface area (Å²) in [5.74, 6) is 0.980. The molecule has 2 aliphatic rings. The van der Waals surface area contributed by atoms with Crippen LogP contribution in [0.5, 0.6) is 0 Å². The van der Waals surface area contributed by atoms with Gasteiger partial charge in [-0.25, -0.2) is 0 Å². The van der Waals surface area contributed by atoms with E-state index in [2.05, 4.69) is 12.2 Å². The first-order valence-corrected chi connectivity index (χ1v) is 7.12. The maximum Gasteiger partial charge on any atom is 0.00696 e. The smallest absolute Gasteiger partial charge is 0.00696 e. The van der Waals surface area contributed by atoms with Crippen LogP contribution >= 0.6 is 0 Å². The van der Waals surface area contributed by atoms with Crippen LogP contribution < -0.4 is 5.32 Å². The van der Waals surface area contributed by atoms with Gasteiger partial charge < -0.3 is 5.32 Å². The Bertz CT molecular complexity index is 164. The van der Waals surface area contributed by atoms with Gasteiger partial charge in [-0.15, -0.1) is 0 Å². The summed E-state index contributed by atoms with van der Waals surface area (Å²) in [6.45, 7) is 2.42. The van der Waals surface area contributed by atoms with Gasteiger partial charge in [0, 0.05) is 12.1 Å². The molecule has 0 radical (unpaired) electrons. The number of rotatable bonds is 3. The van der Waals surface area contributed by atoms with Crippen LogP contribution in [0.4, 0.5) is 0 Å². The van der Waals surface area contributed by atoms with E-state index in [9.17, 15) is 0 Å². The van der Waals surface area contributed by atoms with E-state index in [0.717, 1.165) is 18.0 Å². The highest BCUT2D eigenvalue weighted by atomic mass is 14.9. The Morgan fingerprint density at radius 2 is 1.33 bits per heavy atom. The molecule has 0 saturated heterocycles. The molecule has 2 saturated carbocycles. The normalized spacial score (nSPS) is 27.8. The Labute approximate surface area is 95.0 Å². The number of hydrogen-bond donors (Lipinski definition) is 1. The van der Waals surface area contributed by atoms with Gasteiger partial charge in [-0.2, -0.15) is 0 Å². The van der Waals surface area contributed by atoms with Crippen LogP contribution in [0, 0.1) is 5.92 Å². The molecule has 1 nitrogen and oxygen atoms in total. The van der Waals surface area contributed by atoms with Gasteiger partial charge in [0.1, 0.15) is 0 Å². The predicted molar refractivity (Wildman–Crippen MR) is 66.0 cm³/mol. The quantitative estimate of drug-likeness (QED) is 0.696. The predicted octanol–water partition coefficient (Wildman–Crippen LogP) is 3.88. The molecule has 0 amide bonds. The first kappa shape index (κ1) is 11.4. The van der Waals surface area contributed by atoms with Crippen molar-refractivity contribution >= 4 is 0 Å². The Morgan fingerprint density at radius 3 is 1.93 bits per heavy atom. The van der Waals surface area contributed by atoms with Crippen LogP contribution in [-0.2, 0) is 0 Å². The SMILES string of the molecule is C[C@@H](NC1CCCCCC1)C1CCCC1. The molecule has 0 aromatic carbocycles. The van der Waals surface area contributed by atoms with Gasteiger partial charge in [-0.3, -0.25) is 0 Å². The fourth-order valence-corrected chi connectivity index (χ4v) is 3.41. The molecule has 0 bridgehead atoms. The topological polar surface area (TPSA) is 12.0 Å². The summed E-state index contributed by atoms with van der Waals surface area (Å²) in [4.78, 5) is 0. The average molecular weight is 209 g/mol. The fraction of sp³-hybridized carbons (Fsp3) is 1.00. The van der Waals surface area contributed by atoms with Crippen LogP contribution in [-0.4, -0.2) is 12.1 Å². The van der Waals surface area contributed by atoms with Gasteiger partial charge in [0.15, 0.2) is 0 Å². The Hall–Kier alpha value is -0.0400. The maximum absolute atomic E-state index is 3.90. The molecule has 0 aliphatic heterocycles. The summed E-state index contributed by atoms with van der Waals surface area (Å²) in [7, 11) is 0. The van der Waals surface area contributed by atoms with Crippen molar-refractivity contribution in [3.8, 4) is 0 Å². The molecule has 1 atom stereocenters. The van der Waals surface area contributed by atoms with Crippen molar-refractivity contribution < 1.29 is 0 Å². The van der Waals surface area contributed by atoms with Crippen molar-refractivity contribution in [1.82, 2.24) is 5.32 Å². The summed E-state index contributed by atoms with van der Waals surface area (Å²) in [5.41, 5.74) is 0. The number of nitrogens with one attached hydrogen (secondary N) is 1. The van der Waals surface area contributed by atoms with Crippen LogP contribution in [0.2, 0.25) is 0 Å². The molecule has 0 unspecified atom stereocenters. The molecule has 0 aromatic heterocycles. The minimum Gasteiger partial charge on any atom is -0.311 e. The Kier molecular flexibility index (Phi) is 4.49. The third kappa shape index (κ3) is 3.48. The third-order valence-electron chi connectivity index (χ3n) is 4.46. The lowest BCUT2D eigenvalue weighted by atomic mass is 9.97. The van der Waals surface area contributed by atoms with Crippen LogP contribution in [0.3, 0.4) is 0 Å². The zero-order valence-electron chi connectivity index (χ0n) is 10.3. The summed E-state index contributed by atoms with van der Waals surface area (Å²) in [5, 5.41) is 3.90. The number of hydrogen-bond acceptors (Lipinski definition) is 1. The average Bonchev–Trinajstić information content (AvgIpc) is 2.65. The molecule has 2 fully saturated rings. The lowest BCUT2D eigenvalue weighted by Crippen LogP contribution is -2.40. The lowest BCUT2D eigenvalue weighted by molar-refractivity contribution is 0.324. The van der Waals surface area contributed by atoms with Crippen molar-refractivity contribution in [2.75, 3.05) is 0 Å². The second-order valence-corrected chi connectivity index (χ2v) is 5.69. The fourth-order valence-electron chi connectivity index (χ4n) is 3.41. The van der Waals surface area contributed by atoms with E-state index in [1.165, 1.54) is 64.2 Å². The van der Waals surface area contributed by atoms with E-state index < -0.39 is 0 Å². The van der Waals surface area contributed by atoms with Gasteiger partial charge >= 0.3 is 0 Å². The summed E-state index contributed by atoms with van der Waals surface area (Å²) in [6, 6.07) is 1.61. The highest BCUT2D eigenvalue weighted by Crippen LogP contribution is 2.28. The molecular weight excluding hydrogens is 182 g/mol. The zero-order chi connectivity index (χ0) is 10.5. The largest absolute Gasteiger partial charge is 0.311 e. The third-order valence-corrected chi connectivity index (χ3v) is 4.46. The van der Waals surface area contributed by atoms with E-state index in [0.29, 0.717) is 0 Å². The van der Waals surface area contributed by atoms with Crippen molar-refractivity contribution in [3.63, 3.8) is 0 Å². The summed E-state index contributed by atoms with van der Waals surface area (Å²) < 4.78 is 0. The molecule has 0 spiro atoms. The molecule has 1 N–H and O–H groups in total. The molecule has 15 heavy (non-hydrogen) atoms. The highest BCUT2D eigenvalue weighted by Gasteiger charge is 2.23. The van der Waals surface area contributed by atoms with Gasteiger partial charge in [0.25, 0.3) is 0 Å². The van der Waals surface area contributed by atoms with Crippen molar-refractivity contribution in [1.29, 1.82) is 0 Å². The standard InChI is InChI=1S/C14H27N/c1-12(13-8-6-7-9-13)15-14-10-4-2-3-5-11-14/h12-15H,2-11H2,1H3/t12-/m1/s1. The molecule has 88 valence electrons. The summed E-state index contributed by atoms with van der Waals surface area (Å²) >= 11 is 0. The Morgan fingerprint density at radius 1 is 0.800 bits per heavy atom. The van der Waals surface area contributed by atoms with E-state index >= 15 is 0 Å². The van der Waals surface area contributed by atoms with E-state index in [-0.39, 0.29) is 0 Å². The maximum atomic E-state index is 3.90. The van der Waals surface area contributed by atoms with Crippen molar-refractivity contribution in [2.24, 2.45) is 5.92 Å². The van der Waals surface area contributed by atoms with Crippen LogP contribution in [0.15, 0.2) is 0 Å². The molecule has 0 aromatic rings. The van der Waals surface area contributed by atoms with Gasteiger partial charge in [0.05, 0.1) is 0 Å². The van der Waals surface area contributed by atoms with E-state index in [1.54, 1.807) is 0 Å². The molecule has 0 heterocycles. The summed E-state index contributed by atoms with van der Waals surface area (Å²) in [6.07, 6.45) is 14.6. The van der Waals surface area contributed by atoms with Gasteiger partial charge in [0.2, 0.25) is 0 Å². The second-order valence-electron chi connectivity index (χ2n) is 5.69. The monoisotopic (exact) mass is 209 g/mol. The van der Waals surface area contributed by atoms with Crippen molar-refractivity contribution in [3.05, 3.63) is 0 Å². The van der Waals surface area contributed by atoms with Crippen LogP contribution in [0.1, 0.15) is 71.1 Å². The lowest BCUT2D eigenvalue weighted by Gasteiger charge is -2.26. The van der Waals surface area contributed by atoms with E-state index in [4.69, 9.17) is 0 Å². The minimum atomic E-state index is 0.774. The zero-order valence-corrected chi connectivity index (χ0v) is 10.3. The minimum absolute atomic E-state index is 0.774. The van der Waals surface area contributed by atoms with E-state index in [1.807, 2.05) is 0 Å². The molecular formula is C14H27N. The van der Waals surface area contributed by atoms with Crippen LogP contribution in [0.25, 0.3) is 0 Å². The van der Waals surface area contributed by atoms with Gasteiger partial charge in [-0.05, 0) is 38.5 Å². The first-order valence-electron chi connectivity index (χ1n) is 7.12. The van der Waals surface area contributed by atoms with Gasteiger partial charge in [-0.1, -0.05) is 38.5 Å². The Balaban J connectivity index is 1.73. The molecule has 2 rings (SSSR count). The highest BCUT2D eigenvalue weighted by molar-refractivity contribution is 4.81.